The van der Waals surface area contributed by atoms with Crippen molar-refractivity contribution in [3.8, 4) is 0 Å². The highest BCUT2D eigenvalue weighted by Gasteiger charge is 2.57. The highest BCUT2D eigenvalue weighted by molar-refractivity contribution is 5.76. The van der Waals surface area contributed by atoms with Crippen LogP contribution in [-0.2, 0) is 22.3 Å². The molecule has 3 saturated heterocycles. The first kappa shape index (κ1) is 32.2. The van der Waals surface area contributed by atoms with Gasteiger partial charge in [-0.25, -0.2) is 0 Å². The van der Waals surface area contributed by atoms with Gasteiger partial charge in [-0.05, 0) is 42.4 Å². The molecule has 0 aromatic heterocycles. The summed E-state index contributed by atoms with van der Waals surface area (Å²) in [6, 6.07) is 3.51. The molecule has 3 heterocycles. The molecule has 1 spiro atoms. The minimum absolute atomic E-state index is 0.0119. The number of hydrogen-bond acceptors (Lipinski definition) is 4. The molecule has 42 heavy (non-hydrogen) atoms. The minimum atomic E-state index is -5.60. The predicted octanol–water partition coefficient (Wildman–Crippen LogP) is 5.32. The van der Waals surface area contributed by atoms with E-state index in [2.05, 4.69) is 0 Å². The maximum Gasteiger partial charge on any atom is 0.416 e. The Balaban J connectivity index is 1.43. The van der Waals surface area contributed by atoms with E-state index < -0.39 is 42.3 Å². The first-order chi connectivity index (χ1) is 19.4. The van der Waals surface area contributed by atoms with E-state index in [4.69, 9.17) is 0 Å². The van der Waals surface area contributed by atoms with Crippen LogP contribution in [-0.4, -0.2) is 91.2 Å². The average molecular weight is 617 g/mol. The van der Waals surface area contributed by atoms with Crippen LogP contribution in [0.15, 0.2) is 18.2 Å². The molecular formula is C27H33F9N4O2. The van der Waals surface area contributed by atoms with Crippen LogP contribution in [0.4, 0.5) is 45.2 Å². The third-order valence-corrected chi connectivity index (χ3v) is 8.75. The van der Waals surface area contributed by atoms with Gasteiger partial charge in [-0.2, -0.15) is 39.5 Å². The maximum atomic E-state index is 13.6. The Labute approximate surface area is 237 Å². The number of amides is 2. The number of anilines is 1. The molecule has 3 aliphatic heterocycles. The van der Waals surface area contributed by atoms with Crippen molar-refractivity contribution in [2.45, 2.75) is 57.7 Å². The first-order valence-corrected chi connectivity index (χ1v) is 13.7. The topological polar surface area (TPSA) is 47.1 Å². The molecule has 0 bridgehead atoms. The summed E-state index contributed by atoms with van der Waals surface area (Å²) in [6.45, 7) is 4.04. The summed E-state index contributed by atoms with van der Waals surface area (Å²) >= 11 is 0. The van der Waals surface area contributed by atoms with Crippen LogP contribution in [0.1, 0.15) is 43.7 Å². The number of likely N-dealkylation sites (tertiary alicyclic amines) is 1. The molecule has 0 saturated carbocycles. The fourth-order valence-corrected chi connectivity index (χ4v) is 6.13. The fraction of sp³-hybridized carbons (Fsp3) is 0.704. The standard InChI is InChI=1S/C27H33F9N4O2/c1-18(41)38-7-4-24(5-8-38)6-9-40(17-24)21-14-20(25(28,29)30)3-2-19(21)16-37-10-12-39(13-11-37)23(42)15-22(26(31,32)33)27(34,35)36/h2-3,14,22H,4-13,15-17H2,1H3. The Morgan fingerprint density at radius 3 is 1.90 bits per heavy atom. The molecule has 3 fully saturated rings. The zero-order valence-corrected chi connectivity index (χ0v) is 23.0. The van der Waals surface area contributed by atoms with Crippen LogP contribution in [0.3, 0.4) is 0 Å². The van der Waals surface area contributed by atoms with Crippen molar-refractivity contribution < 1.29 is 49.1 Å². The van der Waals surface area contributed by atoms with E-state index in [-0.39, 0.29) is 44.0 Å². The normalized spacial score (nSPS) is 20.6. The maximum absolute atomic E-state index is 13.6. The van der Waals surface area contributed by atoms with Crippen molar-refractivity contribution in [2.24, 2.45) is 11.3 Å². The summed E-state index contributed by atoms with van der Waals surface area (Å²) in [6.07, 6.45) is -15.2. The summed E-state index contributed by atoms with van der Waals surface area (Å²) in [5, 5.41) is 0. The number of piperazine rings is 1. The summed E-state index contributed by atoms with van der Waals surface area (Å²) in [5.74, 6) is -5.01. The van der Waals surface area contributed by atoms with E-state index in [1.807, 2.05) is 9.80 Å². The molecule has 1 aromatic rings. The van der Waals surface area contributed by atoms with Crippen LogP contribution in [0.5, 0.6) is 0 Å². The molecule has 1 aromatic carbocycles. The van der Waals surface area contributed by atoms with Gasteiger partial charge in [0.1, 0.15) is 0 Å². The molecule has 6 nitrogen and oxygen atoms in total. The molecule has 0 aliphatic carbocycles. The summed E-state index contributed by atoms with van der Waals surface area (Å²) in [5.41, 5.74) is 0.115. The molecular weight excluding hydrogens is 583 g/mol. The van der Waals surface area contributed by atoms with Gasteiger partial charge in [0, 0.05) is 77.9 Å². The van der Waals surface area contributed by atoms with E-state index in [1.54, 1.807) is 4.90 Å². The van der Waals surface area contributed by atoms with Gasteiger partial charge in [0.15, 0.2) is 5.92 Å². The number of benzene rings is 1. The SMILES string of the molecule is CC(=O)N1CCC2(CC1)CCN(c1cc(C(F)(F)F)ccc1CN1CCN(C(=O)CC(C(F)(F)F)C(F)(F)F)CC1)C2. The molecule has 0 N–H and O–H groups in total. The molecule has 236 valence electrons. The predicted molar refractivity (Wildman–Crippen MR) is 134 cm³/mol. The van der Waals surface area contributed by atoms with Gasteiger partial charge in [0.25, 0.3) is 0 Å². The molecule has 0 atom stereocenters. The number of carbonyl (C=O) groups excluding carboxylic acids is 2. The number of piperidine rings is 1. The quantitative estimate of drug-likeness (QED) is 0.421. The molecule has 2 amide bonds. The Bertz CT molecular complexity index is 1120. The second kappa shape index (κ2) is 11.8. The Morgan fingerprint density at radius 2 is 1.38 bits per heavy atom. The van der Waals surface area contributed by atoms with Crippen LogP contribution in [0.25, 0.3) is 0 Å². The summed E-state index contributed by atoms with van der Waals surface area (Å²) in [4.78, 5) is 30.5. The van der Waals surface area contributed by atoms with Crippen molar-refractivity contribution in [1.82, 2.24) is 14.7 Å². The van der Waals surface area contributed by atoms with E-state index >= 15 is 0 Å². The number of hydrogen-bond donors (Lipinski definition) is 0. The Hall–Kier alpha value is -2.71. The van der Waals surface area contributed by atoms with Gasteiger partial charge in [-0.1, -0.05) is 6.07 Å². The van der Waals surface area contributed by atoms with E-state index in [9.17, 15) is 49.1 Å². The first-order valence-electron chi connectivity index (χ1n) is 13.7. The lowest BCUT2D eigenvalue weighted by Crippen LogP contribution is -2.50. The van der Waals surface area contributed by atoms with Gasteiger partial charge in [0.2, 0.25) is 11.8 Å². The van der Waals surface area contributed by atoms with E-state index in [0.29, 0.717) is 37.4 Å². The van der Waals surface area contributed by atoms with Crippen molar-refractivity contribution in [1.29, 1.82) is 0 Å². The third-order valence-electron chi connectivity index (χ3n) is 8.75. The van der Waals surface area contributed by atoms with Crippen LogP contribution < -0.4 is 4.90 Å². The highest BCUT2D eigenvalue weighted by Crippen LogP contribution is 2.44. The van der Waals surface area contributed by atoms with Crippen LogP contribution in [0.2, 0.25) is 0 Å². The van der Waals surface area contributed by atoms with Crippen LogP contribution in [0, 0.1) is 11.3 Å². The smallest absolute Gasteiger partial charge is 0.371 e. The third kappa shape index (κ3) is 7.43. The highest BCUT2D eigenvalue weighted by atomic mass is 19.4. The molecule has 0 unspecified atom stereocenters. The largest absolute Gasteiger partial charge is 0.416 e. The second-order valence-electron chi connectivity index (χ2n) is 11.5. The van der Waals surface area contributed by atoms with Gasteiger partial charge >= 0.3 is 18.5 Å². The second-order valence-corrected chi connectivity index (χ2v) is 11.5. The van der Waals surface area contributed by atoms with Gasteiger partial charge in [0.05, 0.1) is 5.56 Å². The number of alkyl halides is 9. The van der Waals surface area contributed by atoms with Gasteiger partial charge in [-0.3, -0.25) is 14.5 Å². The molecule has 3 aliphatic rings. The molecule has 0 radical (unpaired) electrons. The number of carbonyl (C=O) groups is 2. The monoisotopic (exact) mass is 616 g/mol. The van der Waals surface area contributed by atoms with Crippen molar-refractivity contribution in [3.63, 3.8) is 0 Å². The van der Waals surface area contributed by atoms with E-state index in [0.717, 1.165) is 36.3 Å². The lowest BCUT2D eigenvalue weighted by atomic mass is 9.78. The number of halogens is 9. The van der Waals surface area contributed by atoms with Gasteiger partial charge in [-0.15, -0.1) is 0 Å². The molecule has 4 rings (SSSR count). The van der Waals surface area contributed by atoms with E-state index in [1.165, 1.54) is 13.0 Å². The fourth-order valence-electron chi connectivity index (χ4n) is 6.13. The number of nitrogens with zero attached hydrogens (tertiary/aromatic N) is 4. The van der Waals surface area contributed by atoms with Crippen molar-refractivity contribution >= 4 is 17.5 Å². The zero-order valence-electron chi connectivity index (χ0n) is 23.0. The molecule has 15 heteroatoms. The average Bonchev–Trinajstić information content (AvgIpc) is 3.29. The Morgan fingerprint density at radius 1 is 0.810 bits per heavy atom. The van der Waals surface area contributed by atoms with Crippen molar-refractivity contribution in [3.05, 3.63) is 29.3 Å². The summed E-state index contributed by atoms with van der Waals surface area (Å²) < 4.78 is 118. The van der Waals surface area contributed by atoms with Crippen molar-refractivity contribution in [2.75, 3.05) is 57.3 Å². The minimum Gasteiger partial charge on any atom is -0.371 e. The summed E-state index contributed by atoms with van der Waals surface area (Å²) in [7, 11) is 0. The lowest BCUT2D eigenvalue weighted by Gasteiger charge is -2.39. The Kier molecular flexibility index (Phi) is 9.02. The number of rotatable bonds is 5. The zero-order chi connectivity index (χ0) is 31.1. The van der Waals surface area contributed by atoms with Gasteiger partial charge < -0.3 is 14.7 Å². The lowest BCUT2D eigenvalue weighted by molar-refractivity contribution is -0.284. The van der Waals surface area contributed by atoms with Crippen LogP contribution >= 0.6 is 0 Å².